The van der Waals surface area contributed by atoms with Gasteiger partial charge in [0.05, 0.1) is 17.0 Å². The van der Waals surface area contributed by atoms with E-state index in [4.69, 9.17) is 0 Å². The summed E-state index contributed by atoms with van der Waals surface area (Å²) in [7, 11) is 0. The lowest BCUT2D eigenvalue weighted by Gasteiger charge is -2.37. The summed E-state index contributed by atoms with van der Waals surface area (Å²) >= 11 is 0. The smallest absolute Gasteiger partial charge is 0.481 e. The molecule has 2 N–H and O–H groups in total. The van der Waals surface area contributed by atoms with Gasteiger partial charge in [-0.1, -0.05) is 18.6 Å². The zero-order valence-corrected chi connectivity index (χ0v) is 17.9. The van der Waals surface area contributed by atoms with Crippen LogP contribution < -0.4 is 10.1 Å². The van der Waals surface area contributed by atoms with Gasteiger partial charge in [0.2, 0.25) is 0 Å². The molecular weight excluding hydrogens is 451 g/mol. The lowest BCUT2D eigenvalue weighted by atomic mass is 9.69. The average molecular weight is 471 g/mol. The Morgan fingerprint density at radius 2 is 1.94 bits per heavy atom. The largest absolute Gasteiger partial charge is 0.573 e. The van der Waals surface area contributed by atoms with Crippen molar-refractivity contribution >= 4 is 22.8 Å². The summed E-state index contributed by atoms with van der Waals surface area (Å²) in [6.07, 6.45) is -3.11. The normalized spacial score (nSPS) is 14.8. The van der Waals surface area contributed by atoms with Gasteiger partial charge in [0.15, 0.2) is 0 Å². The first-order valence-corrected chi connectivity index (χ1v) is 10.5. The lowest BCUT2D eigenvalue weighted by molar-refractivity contribution is -0.274. The first kappa shape index (κ1) is 23.2. The maximum Gasteiger partial charge on any atom is 0.573 e. The van der Waals surface area contributed by atoms with Gasteiger partial charge in [0.1, 0.15) is 11.4 Å². The van der Waals surface area contributed by atoms with Gasteiger partial charge in [-0.15, -0.1) is 13.2 Å². The molecule has 1 aliphatic carbocycles. The minimum Gasteiger partial charge on any atom is -0.481 e. The van der Waals surface area contributed by atoms with Crippen molar-refractivity contribution in [1.82, 2.24) is 9.88 Å². The predicted molar refractivity (Wildman–Crippen MR) is 115 cm³/mol. The van der Waals surface area contributed by atoms with Gasteiger partial charge >= 0.3 is 12.3 Å². The Morgan fingerprint density at radius 1 is 1.18 bits per heavy atom. The number of aromatic nitrogens is 1. The van der Waals surface area contributed by atoms with Crippen molar-refractivity contribution in [3.05, 3.63) is 65.4 Å². The summed E-state index contributed by atoms with van der Waals surface area (Å²) in [5.41, 5.74) is 0.661. The van der Waals surface area contributed by atoms with E-state index >= 15 is 0 Å². The number of carboxylic acid groups (broad SMARTS) is 1. The van der Waals surface area contributed by atoms with E-state index in [2.05, 4.69) is 10.1 Å². The van der Waals surface area contributed by atoms with E-state index in [0.717, 1.165) is 6.42 Å². The summed E-state index contributed by atoms with van der Waals surface area (Å²) in [5, 5.41) is 22.0. The number of nitrogens with one attached hydrogen (secondary N) is 1. The number of hydrogen-bond acceptors (Lipinski definition) is 4. The number of ether oxygens (including phenoxy) is 1. The van der Waals surface area contributed by atoms with Crippen LogP contribution in [-0.4, -0.2) is 34.5 Å². The van der Waals surface area contributed by atoms with Crippen LogP contribution in [0, 0.1) is 16.7 Å². The second-order valence-corrected chi connectivity index (χ2v) is 8.32. The molecule has 1 aliphatic rings. The molecule has 34 heavy (non-hydrogen) atoms. The van der Waals surface area contributed by atoms with Crippen molar-refractivity contribution < 1.29 is 32.6 Å². The average Bonchev–Trinajstić information content (AvgIpc) is 3.09. The fraction of sp³-hybridized carbons (Fsp3) is 0.292. The molecule has 7 nitrogen and oxygen atoms in total. The van der Waals surface area contributed by atoms with E-state index in [1.54, 1.807) is 34.9 Å². The summed E-state index contributed by atoms with van der Waals surface area (Å²) < 4.78 is 43.5. The highest BCUT2D eigenvalue weighted by Crippen LogP contribution is 2.40. The first-order valence-electron chi connectivity index (χ1n) is 10.5. The van der Waals surface area contributed by atoms with Crippen LogP contribution in [0.5, 0.6) is 5.75 Å². The zero-order chi connectivity index (χ0) is 24.5. The Hall–Kier alpha value is -4.00. The molecule has 1 heterocycles. The summed E-state index contributed by atoms with van der Waals surface area (Å²) in [6, 6.07) is 13.9. The number of aliphatic carboxylic acids is 1. The monoisotopic (exact) mass is 471 g/mol. The zero-order valence-electron chi connectivity index (χ0n) is 17.9. The molecule has 2 aromatic carbocycles. The number of nitrogens with zero attached hydrogens (tertiary/aromatic N) is 2. The van der Waals surface area contributed by atoms with Gasteiger partial charge < -0.3 is 19.7 Å². The van der Waals surface area contributed by atoms with Crippen molar-refractivity contribution in [2.75, 3.05) is 6.54 Å². The Labute approximate surface area is 192 Å². The number of halogens is 3. The fourth-order valence-corrected chi connectivity index (χ4v) is 4.13. The molecule has 0 unspecified atom stereocenters. The third-order valence-electron chi connectivity index (χ3n) is 6.09. The molecule has 1 aromatic heterocycles. The van der Waals surface area contributed by atoms with Crippen LogP contribution in [0.1, 0.15) is 40.9 Å². The molecule has 1 saturated carbocycles. The third kappa shape index (κ3) is 4.69. The van der Waals surface area contributed by atoms with Crippen molar-refractivity contribution in [2.24, 2.45) is 5.41 Å². The van der Waals surface area contributed by atoms with Crippen LogP contribution in [0.4, 0.5) is 13.2 Å². The molecule has 1 amide bonds. The van der Waals surface area contributed by atoms with Crippen molar-refractivity contribution in [1.29, 1.82) is 5.26 Å². The number of amides is 1. The number of nitriles is 1. The van der Waals surface area contributed by atoms with Crippen LogP contribution in [0.2, 0.25) is 0 Å². The van der Waals surface area contributed by atoms with E-state index in [9.17, 15) is 33.1 Å². The number of benzene rings is 2. The molecule has 1 fully saturated rings. The highest BCUT2D eigenvalue weighted by molar-refractivity contribution is 5.99. The van der Waals surface area contributed by atoms with Crippen LogP contribution in [0.15, 0.2) is 48.5 Å². The van der Waals surface area contributed by atoms with Crippen molar-refractivity contribution in [3.8, 4) is 11.8 Å². The van der Waals surface area contributed by atoms with Gasteiger partial charge in [-0.2, -0.15) is 5.26 Å². The molecule has 3 aromatic rings. The fourth-order valence-electron chi connectivity index (χ4n) is 4.13. The van der Waals surface area contributed by atoms with E-state index in [-0.39, 0.29) is 24.5 Å². The molecule has 0 atom stereocenters. The molecule has 0 radical (unpaired) electrons. The molecule has 10 heteroatoms. The number of fused-ring (bicyclic) bond motifs is 1. The highest BCUT2D eigenvalue weighted by atomic mass is 19.4. The minimum absolute atomic E-state index is 0.0267. The number of rotatable bonds is 7. The van der Waals surface area contributed by atoms with Crippen LogP contribution in [-0.2, 0) is 11.3 Å². The number of carboxylic acids is 1. The van der Waals surface area contributed by atoms with Gasteiger partial charge in [-0.05, 0) is 54.8 Å². The number of carbonyl (C=O) groups excluding carboxylic acids is 1. The maximum atomic E-state index is 13.1. The van der Waals surface area contributed by atoms with E-state index in [0.29, 0.717) is 34.9 Å². The Morgan fingerprint density at radius 3 is 2.56 bits per heavy atom. The second kappa shape index (κ2) is 8.74. The topological polar surface area (TPSA) is 104 Å². The molecule has 176 valence electrons. The van der Waals surface area contributed by atoms with Gasteiger partial charge in [-0.3, -0.25) is 9.59 Å². The van der Waals surface area contributed by atoms with Crippen molar-refractivity contribution in [3.63, 3.8) is 0 Å². The quantitative estimate of drug-likeness (QED) is 0.530. The molecule has 0 spiro atoms. The molecule has 0 saturated heterocycles. The van der Waals surface area contributed by atoms with E-state index in [1.807, 2.05) is 6.07 Å². The maximum absolute atomic E-state index is 13.1. The van der Waals surface area contributed by atoms with Gasteiger partial charge in [-0.25, -0.2) is 0 Å². The van der Waals surface area contributed by atoms with E-state index in [1.165, 1.54) is 18.2 Å². The molecular formula is C24H20F3N3O4. The molecule has 0 bridgehead atoms. The van der Waals surface area contributed by atoms with Crippen LogP contribution >= 0.6 is 0 Å². The predicted octanol–water partition coefficient (Wildman–Crippen LogP) is 4.44. The van der Waals surface area contributed by atoms with E-state index < -0.39 is 23.7 Å². The number of hydrogen-bond donors (Lipinski definition) is 2. The second-order valence-electron chi connectivity index (χ2n) is 8.32. The summed E-state index contributed by atoms with van der Waals surface area (Å²) in [4.78, 5) is 24.7. The molecule has 0 aliphatic heterocycles. The minimum atomic E-state index is -4.83. The molecule has 4 rings (SSSR count). The standard InChI is InChI=1S/C24H20F3N3O4/c25-24(26,27)34-18-4-1-3-16(10-18)13-30-19-6-5-15(12-28)9-17(19)11-20(30)21(31)29-14-23(22(32)33)7-2-8-23/h1,3-6,9-11H,2,7-8,13-14H2,(H,29,31)(H,32,33). The highest BCUT2D eigenvalue weighted by Gasteiger charge is 2.44. The Bertz CT molecular complexity index is 1300. The SMILES string of the molecule is N#Cc1ccc2c(c1)cc(C(=O)NCC1(C(=O)O)CCC1)n2Cc1cccc(OC(F)(F)F)c1. The van der Waals surface area contributed by atoms with Crippen LogP contribution in [0.25, 0.3) is 10.9 Å². The Kier molecular flexibility index (Phi) is 5.96. The summed E-state index contributed by atoms with van der Waals surface area (Å²) in [5.74, 6) is -1.85. The number of carbonyl (C=O) groups is 2. The van der Waals surface area contributed by atoms with Gasteiger partial charge in [0.25, 0.3) is 5.91 Å². The Balaban J connectivity index is 1.67. The lowest BCUT2D eigenvalue weighted by Crippen LogP contribution is -2.47. The van der Waals surface area contributed by atoms with Crippen LogP contribution in [0.3, 0.4) is 0 Å². The third-order valence-corrected chi connectivity index (χ3v) is 6.09. The van der Waals surface area contributed by atoms with Crippen molar-refractivity contribution in [2.45, 2.75) is 32.2 Å². The number of alkyl halides is 3. The summed E-state index contributed by atoms with van der Waals surface area (Å²) in [6.45, 7) is 0.0261. The van der Waals surface area contributed by atoms with Gasteiger partial charge in [0, 0.05) is 24.0 Å². The first-order chi connectivity index (χ1) is 16.1.